The Kier molecular flexibility index (Phi) is 2.38. The average molecular weight is 205 g/mol. The largest absolute Gasteiger partial charge is 0.328 e. The monoisotopic (exact) mass is 205 g/mol. The van der Waals surface area contributed by atoms with Crippen LogP contribution in [0.25, 0.3) is 11.4 Å². The molecule has 0 unspecified atom stereocenters. The van der Waals surface area contributed by atoms with Gasteiger partial charge in [-0.2, -0.15) is 4.98 Å². The molecule has 0 bridgehead atoms. The van der Waals surface area contributed by atoms with Crippen LogP contribution in [0.4, 0.5) is 0 Å². The standard InChI is InChI=1S/C8H7N5O2/c9-12-7(14)8-11-6(13-15-8)5-1-3-10-4-2-5/h1-4H,9H2,(H,12,14). The van der Waals surface area contributed by atoms with E-state index < -0.39 is 5.91 Å². The molecule has 3 N–H and O–H groups in total. The summed E-state index contributed by atoms with van der Waals surface area (Å²) < 4.78 is 4.70. The molecule has 0 atom stereocenters. The van der Waals surface area contributed by atoms with Crippen molar-refractivity contribution in [2.75, 3.05) is 0 Å². The zero-order valence-corrected chi connectivity index (χ0v) is 7.54. The lowest BCUT2D eigenvalue weighted by molar-refractivity contribution is 0.0910. The van der Waals surface area contributed by atoms with Crippen molar-refractivity contribution < 1.29 is 9.32 Å². The lowest BCUT2D eigenvalue weighted by Gasteiger charge is -1.90. The molecule has 7 nitrogen and oxygen atoms in total. The van der Waals surface area contributed by atoms with E-state index >= 15 is 0 Å². The first kappa shape index (κ1) is 9.28. The molecule has 0 aliphatic heterocycles. The highest BCUT2D eigenvalue weighted by Gasteiger charge is 2.14. The number of carbonyl (C=O) groups is 1. The summed E-state index contributed by atoms with van der Waals surface area (Å²) >= 11 is 0. The van der Waals surface area contributed by atoms with Crippen LogP contribution in [-0.2, 0) is 0 Å². The second kappa shape index (κ2) is 3.84. The molecule has 76 valence electrons. The third-order valence-corrected chi connectivity index (χ3v) is 1.69. The van der Waals surface area contributed by atoms with Gasteiger partial charge < -0.3 is 4.52 Å². The summed E-state index contributed by atoms with van der Waals surface area (Å²) in [5, 5.41) is 3.63. The summed E-state index contributed by atoms with van der Waals surface area (Å²) in [6.45, 7) is 0. The number of nitrogens with zero attached hydrogens (tertiary/aromatic N) is 3. The van der Waals surface area contributed by atoms with Crippen molar-refractivity contribution >= 4 is 5.91 Å². The van der Waals surface area contributed by atoms with Crippen LogP contribution in [0.2, 0.25) is 0 Å². The second-order valence-corrected chi connectivity index (χ2v) is 2.63. The molecule has 7 heteroatoms. The topological polar surface area (TPSA) is 107 Å². The zero-order valence-electron chi connectivity index (χ0n) is 7.54. The van der Waals surface area contributed by atoms with Gasteiger partial charge in [0, 0.05) is 18.0 Å². The number of pyridine rings is 1. The highest BCUT2D eigenvalue weighted by atomic mass is 16.5. The number of rotatable bonds is 2. The molecular weight excluding hydrogens is 198 g/mol. The van der Waals surface area contributed by atoms with Crippen molar-refractivity contribution in [1.29, 1.82) is 0 Å². The van der Waals surface area contributed by atoms with E-state index in [1.165, 1.54) is 0 Å². The minimum absolute atomic E-state index is 0.177. The SMILES string of the molecule is NNC(=O)c1nc(-c2ccncc2)no1. The van der Waals surface area contributed by atoms with Gasteiger partial charge in [-0.25, -0.2) is 5.84 Å². The van der Waals surface area contributed by atoms with E-state index in [4.69, 9.17) is 10.4 Å². The van der Waals surface area contributed by atoms with E-state index in [0.29, 0.717) is 11.4 Å². The summed E-state index contributed by atoms with van der Waals surface area (Å²) in [6, 6.07) is 3.41. The molecule has 15 heavy (non-hydrogen) atoms. The Bertz CT molecular complexity index is 467. The molecule has 2 rings (SSSR count). The molecule has 0 aromatic carbocycles. The first-order chi connectivity index (χ1) is 7.31. The number of nitrogens with two attached hydrogens (primary N) is 1. The summed E-state index contributed by atoms with van der Waals surface area (Å²) in [7, 11) is 0. The lowest BCUT2D eigenvalue weighted by atomic mass is 10.2. The number of aromatic nitrogens is 3. The van der Waals surface area contributed by atoms with Crippen molar-refractivity contribution in [3.8, 4) is 11.4 Å². The molecule has 0 saturated carbocycles. The van der Waals surface area contributed by atoms with E-state index in [2.05, 4.69) is 15.1 Å². The van der Waals surface area contributed by atoms with Crippen LogP contribution in [0.5, 0.6) is 0 Å². The van der Waals surface area contributed by atoms with Crippen LogP contribution in [0.1, 0.15) is 10.7 Å². The quantitative estimate of drug-likeness (QED) is 0.397. The second-order valence-electron chi connectivity index (χ2n) is 2.63. The molecule has 2 aromatic heterocycles. The highest BCUT2D eigenvalue weighted by Crippen LogP contribution is 2.13. The number of nitrogens with one attached hydrogen (secondary N) is 1. The van der Waals surface area contributed by atoms with Crippen molar-refractivity contribution in [1.82, 2.24) is 20.6 Å². The van der Waals surface area contributed by atoms with E-state index in [0.717, 1.165) is 0 Å². The fraction of sp³-hybridized carbons (Fsp3) is 0. The predicted molar refractivity (Wildman–Crippen MR) is 49.2 cm³/mol. The third-order valence-electron chi connectivity index (χ3n) is 1.69. The summed E-state index contributed by atoms with van der Waals surface area (Å²) in [5.74, 6) is 4.43. The van der Waals surface area contributed by atoms with Crippen molar-refractivity contribution in [3.63, 3.8) is 0 Å². The van der Waals surface area contributed by atoms with Crippen LogP contribution < -0.4 is 11.3 Å². The van der Waals surface area contributed by atoms with E-state index in [-0.39, 0.29) is 5.89 Å². The Morgan fingerprint density at radius 3 is 2.80 bits per heavy atom. The van der Waals surface area contributed by atoms with Gasteiger partial charge in [-0.15, -0.1) is 0 Å². The Balaban J connectivity index is 2.32. The molecule has 0 radical (unpaired) electrons. The third kappa shape index (κ3) is 1.81. The number of hydrazine groups is 1. The predicted octanol–water partition coefficient (Wildman–Crippen LogP) is -0.265. The molecule has 2 heterocycles. The molecule has 0 aliphatic carbocycles. The van der Waals surface area contributed by atoms with Gasteiger partial charge in [0.1, 0.15) is 0 Å². The minimum atomic E-state index is -0.622. The van der Waals surface area contributed by atoms with Crippen LogP contribution in [0, 0.1) is 0 Å². The van der Waals surface area contributed by atoms with Crippen LogP contribution >= 0.6 is 0 Å². The number of amides is 1. The Labute approximate surface area is 84.3 Å². The van der Waals surface area contributed by atoms with Crippen LogP contribution in [-0.4, -0.2) is 21.0 Å². The zero-order chi connectivity index (χ0) is 10.7. The van der Waals surface area contributed by atoms with Gasteiger partial charge in [0.2, 0.25) is 5.82 Å². The normalized spacial score (nSPS) is 9.93. The summed E-state index contributed by atoms with van der Waals surface area (Å²) in [5.41, 5.74) is 2.61. The minimum Gasteiger partial charge on any atom is -0.328 e. The fourth-order valence-electron chi connectivity index (χ4n) is 0.996. The maximum Gasteiger partial charge on any atom is 0.323 e. The van der Waals surface area contributed by atoms with Gasteiger partial charge in [0.05, 0.1) is 0 Å². The maximum atomic E-state index is 11.0. The molecule has 0 saturated heterocycles. The van der Waals surface area contributed by atoms with E-state index in [1.807, 2.05) is 5.43 Å². The van der Waals surface area contributed by atoms with Gasteiger partial charge in [0.15, 0.2) is 0 Å². The van der Waals surface area contributed by atoms with Gasteiger partial charge in [0.25, 0.3) is 0 Å². The summed E-state index contributed by atoms with van der Waals surface area (Å²) in [4.78, 5) is 18.7. The van der Waals surface area contributed by atoms with Gasteiger partial charge in [-0.1, -0.05) is 5.16 Å². The smallest absolute Gasteiger partial charge is 0.323 e. The molecule has 0 fully saturated rings. The molecule has 1 amide bonds. The Hall–Kier alpha value is -2.28. The highest BCUT2D eigenvalue weighted by molar-refractivity contribution is 5.89. The fourth-order valence-corrected chi connectivity index (χ4v) is 0.996. The number of hydrogen-bond donors (Lipinski definition) is 2. The number of hydrogen-bond acceptors (Lipinski definition) is 6. The van der Waals surface area contributed by atoms with Gasteiger partial charge in [-0.05, 0) is 12.1 Å². The average Bonchev–Trinajstić information content (AvgIpc) is 2.78. The van der Waals surface area contributed by atoms with Gasteiger partial charge in [-0.3, -0.25) is 15.2 Å². The Morgan fingerprint density at radius 2 is 2.13 bits per heavy atom. The lowest BCUT2D eigenvalue weighted by Crippen LogP contribution is -2.30. The van der Waals surface area contributed by atoms with Crippen LogP contribution in [0.3, 0.4) is 0 Å². The maximum absolute atomic E-state index is 11.0. The van der Waals surface area contributed by atoms with Crippen LogP contribution in [0.15, 0.2) is 29.0 Å². The first-order valence-electron chi connectivity index (χ1n) is 4.06. The van der Waals surface area contributed by atoms with Crippen molar-refractivity contribution in [2.24, 2.45) is 5.84 Å². The Morgan fingerprint density at radius 1 is 1.40 bits per heavy atom. The number of nitrogen functional groups attached to an aromatic ring is 1. The molecule has 2 aromatic rings. The molecular formula is C8H7N5O2. The molecule has 0 spiro atoms. The number of carbonyl (C=O) groups excluding carboxylic acids is 1. The summed E-state index contributed by atoms with van der Waals surface area (Å²) in [6.07, 6.45) is 3.18. The van der Waals surface area contributed by atoms with Gasteiger partial charge >= 0.3 is 11.8 Å². The first-order valence-corrected chi connectivity index (χ1v) is 4.06. The molecule has 0 aliphatic rings. The van der Waals surface area contributed by atoms with E-state index in [1.54, 1.807) is 24.5 Å². The van der Waals surface area contributed by atoms with E-state index in [9.17, 15) is 4.79 Å². The van der Waals surface area contributed by atoms with Crippen molar-refractivity contribution in [2.45, 2.75) is 0 Å². The van der Waals surface area contributed by atoms with Crippen molar-refractivity contribution in [3.05, 3.63) is 30.4 Å².